The number of likely N-dealkylation sites (N-methyl/N-ethyl adjacent to an activating group) is 1. The number of allylic oxidation sites excluding steroid dienone is 4. The van der Waals surface area contributed by atoms with Crippen LogP contribution in [-0.2, 0) is 4.79 Å². The summed E-state index contributed by atoms with van der Waals surface area (Å²) in [6.45, 7) is 4.03. The first-order valence-electron chi connectivity index (χ1n) is 4.69. The van der Waals surface area contributed by atoms with Crippen molar-refractivity contribution in [2.45, 2.75) is 6.23 Å². The fourth-order valence-corrected chi connectivity index (χ4v) is 1.33. The average Bonchev–Trinajstić information content (AvgIpc) is 2.24. The molecule has 0 saturated carbocycles. The van der Waals surface area contributed by atoms with Gasteiger partial charge in [-0.2, -0.15) is 0 Å². The highest BCUT2D eigenvalue weighted by molar-refractivity contribution is 6.31. The normalized spacial score (nSPS) is 30.3. The van der Waals surface area contributed by atoms with Crippen molar-refractivity contribution in [2.75, 3.05) is 13.6 Å². The summed E-state index contributed by atoms with van der Waals surface area (Å²) in [5.74, 6) is -0.466. The van der Waals surface area contributed by atoms with Crippen molar-refractivity contribution in [3.63, 3.8) is 0 Å². The third-order valence-corrected chi connectivity index (χ3v) is 2.19. The number of aliphatic imine (C=N–C) groups is 1. The minimum Gasteiger partial charge on any atom is -0.364 e. The van der Waals surface area contributed by atoms with E-state index in [-0.39, 0.29) is 0 Å². The summed E-state index contributed by atoms with van der Waals surface area (Å²) >= 11 is 5.87. The molecule has 1 aliphatic heterocycles. The maximum Gasteiger partial charge on any atom is 0.274 e. The van der Waals surface area contributed by atoms with Crippen LogP contribution in [0.4, 0.5) is 0 Å². The van der Waals surface area contributed by atoms with Crippen molar-refractivity contribution in [1.29, 1.82) is 0 Å². The molecule has 0 radical (unpaired) electrons. The zero-order valence-electron chi connectivity index (χ0n) is 8.93. The maximum atomic E-state index is 11.5. The van der Waals surface area contributed by atoms with Gasteiger partial charge in [0.25, 0.3) is 5.91 Å². The molecule has 0 aliphatic carbocycles. The van der Waals surface area contributed by atoms with Crippen LogP contribution < -0.4 is 0 Å². The van der Waals surface area contributed by atoms with Crippen molar-refractivity contribution in [2.24, 2.45) is 4.99 Å². The molecule has 0 spiro atoms. The molecule has 16 heavy (non-hydrogen) atoms. The molecule has 1 unspecified atom stereocenters. The van der Waals surface area contributed by atoms with Crippen LogP contribution in [0.5, 0.6) is 0 Å². The number of carbonyl (C=O) groups is 1. The molecule has 1 amide bonds. The van der Waals surface area contributed by atoms with E-state index in [9.17, 15) is 9.90 Å². The second-order valence-electron chi connectivity index (χ2n) is 3.38. The molecule has 0 fully saturated rings. The summed E-state index contributed by atoms with van der Waals surface area (Å²) in [4.78, 5) is 16.6. The first-order chi connectivity index (χ1) is 7.50. The predicted molar refractivity (Wildman–Crippen MR) is 64.4 cm³/mol. The lowest BCUT2D eigenvalue weighted by atomic mass is 10.3. The number of hydrogen-bond acceptors (Lipinski definition) is 3. The highest BCUT2D eigenvalue weighted by Gasteiger charge is 2.16. The quantitative estimate of drug-likeness (QED) is 0.689. The van der Waals surface area contributed by atoms with Gasteiger partial charge in [0.1, 0.15) is 0 Å². The van der Waals surface area contributed by atoms with Crippen molar-refractivity contribution in [3.8, 4) is 0 Å². The molecule has 1 atom stereocenters. The second-order valence-corrected chi connectivity index (χ2v) is 3.81. The number of hydrogen-bond donors (Lipinski definition) is 1. The molecule has 1 aliphatic rings. The molecule has 0 aromatic carbocycles. The molecule has 1 N–H and O–H groups in total. The molecule has 0 aromatic rings. The lowest BCUT2D eigenvalue weighted by molar-refractivity contribution is -0.137. The Morgan fingerprint density at radius 3 is 3.06 bits per heavy atom. The van der Waals surface area contributed by atoms with Gasteiger partial charge in [-0.15, -0.1) is 0 Å². The van der Waals surface area contributed by atoms with Crippen LogP contribution in [0.3, 0.4) is 0 Å². The fraction of sp³-hybridized carbons (Fsp3) is 0.273. The number of amides is 1. The fourth-order valence-electron chi connectivity index (χ4n) is 1.10. The van der Waals surface area contributed by atoms with Crippen molar-refractivity contribution in [1.82, 2.24) is 4.90 Å². The Hall–Kier alpha value is -1.39. The molecule has 1 rings (SSSR count). The molecule has 1 heterocycles. The highest BCUT2D eigenvalue weighted by atomic mass is 35.5. The van der Waals surface area contributed by atoms with E-state index in [1.54, 1.807) is 25.3 Å². The predicted octanol–water partition coefficient (Wildman–Crippen LogP) is 1.08. The summed E-state index contributed by atoms with van der Waals surface area (Å²) in [7, 11) is 1.58. The average molecular weight is 241 g/mol. The van der Waals surface area contributed by atoms with Crippen LogP contribution in [0.15, 0.2) is 40.4 Å². The Morgan fingerprint density at radius 1 is 1.69 bits per heavy atom. The topological polar surface area (TPSA) is 52.9 Å². The minimum atomic E-state index is -1.39. The Morgan fingerprint density at radius 2 is 2.38 bits per heavy atom. The van der Waals surface area contributed by atoms with Gasteiger partial charge in [0, 0.05) is 24.8 Å². The number of nitrogens with zero attached hydrogens (tertiary/aromatic N) is 2. The Labute approximate surface area is 99.2 Å². The monoisotopic (exact) mass is 240 g/mol. The molecular formula is C11H13ClN2O2. The summed E-state index contributed by atoms with van der Waals surface area (Å²) in [5.41, 5.74) is 0.519. The molecule has 0 bridgehead atoms. The van der Waals surface area contributed by atoms with Gasteiger partial charge >= 0.3 is 0 Å². The van der Waals surface area contributed by atoms with Gasteiger partial charge in [0.15, 0.2) is 0 Å². The number of aliphatic hydroxyl groups excluding tert-OH is 1. The van der Waals surface area contributed by atoms with Gasteiger partial charge in [-0.25, -0.2) is 0 Å². The first kappa shape index (κ1) is 12.7. The van der Waals surface area contributed by atoms with Crippen LogP contribution in [0.25, 0.3) is 0 Å². The van der Waals surface area contributed by atoms with E-state index in [0.717, 1.165) is 0 Å². The van der Waals surface area contributed by atoms with Crippen molar-refractivity contribution >= 4 is 23.7 Å². The Kier molecular flexibility index (Phi) is 4.46. The molecule has 0 saturated heterocycles. The summed E-state index contributed by atoms with van der Waals surface area (Å²) in [5, 5.41) is 9.93. The number of rotatable bonds is 0. The van der Waals surface area contributed by atoms with Gasteiger partial charge in [-0.05, 0) is 17.7 Å². The zero-order valence-corrected chi connectivity index (χ0v) is 9.68. The van der Waals surface area contributed by atoms with Crippen LogP contribution in [0.1, 0.15) is 0 Å². The third kappa shape index (κ3) is 3.64. The van der Waals surface area contributed by atoms with Crippen LogP contribution >= 0.6 is 11.6 Å². The lowest BCUT2D eigenvalue weighted by Gasteiger charge is -2.16. The van der Waals surface area contributed by atoms with Crippen LogP contribution in [0, 0.1) is 0 Å². The first-order valence-corrected chi connectivity index (χ1v) is 5.07. The smallest absolute Gasteiger partial charge is 0.274 e. The Balaban J connectivity index is 2.97. The van der Waals surface area contributed by atoms with E-state index in [1.165, 1.54) is 11.1 Å². The van der Waals surface area contributed by atoms with Crippen molar-refractivity contribution in [3.05, 3.63) is 35.4 Å². The summed E-state index contributed by atoms with van der Waals surface area (Å²) in [6.07, 6.45) is 4.92. The molecular weight excluding hydrogens is 228 g/mol. The second kappa shape index (κ2) is 5.63. The third-order valence-electron chi connectivity index (χ3n) is 1.96. The van der Waals surface area contributed by atoms with E-state index in [4.69, 9.17) is 11.6 Å². The lowest BCUT2D eigenvalue weighted by Crippen LogP contribution is -2.35. The zero-order chi connectivity index (χ0) is 12.1. The van der Waals surface area contributed by atoms with Crippen LogP contribution in [-0.4, -0.2) is 41.9 Å². The van der Waals surface area contributed by atoms with E-state index in [0.29, 0.717) is 17.2 Å². The minimum absolute atomic E-state index is 0.363. The number of halogens is 1. The highest BCUT2D eigenvalue weighted by Crippen LogP contribution is 2.08. The standard InChI is InChI=1S/C11H13ClN2O2/c1-8-6-9(12)4-3-5-14(2)11(16)10(15)13-7-8/h3-4,6-7,10,15H,1,5H2,2H3/b4-3-,9-6+,13-7-. The van der Waals surface area contributed by atoms with Gasteiger partial charge in [0.2, 0.25) is 6.23 Å². The van der Waals surface area contributed by atoms with Gasteiger partial charge in [-0.1, -0.05) is 24.3 Å². The largest absolute Gasteiger partial charge is 0.364 e. The van der Waals surface area contributed by atoms with E-state index in [1.807, 2.05) is 0 Å². The van der Waals surface area contributed by atoms with Gasteiger partial charge in [-0.3, -0.25) is 9.79 Å². The number of carbonyl (C=O) groups excluding carboxylic acids is 1. The van der Waals surface area contributed by atoms with Gasteiger partial charge < -0.3 is 10.0 Å². The molecule has 4 nitrogen and oxygen atoms in total. The SMILES string of the molecule is C=C1/C=N\C(O)C(=O)N(C)C/C=C\C(Cl)=C/1. The van der Waals surface area contributed by atoms with E-state index in [2.05, 4.69) is 11.6 Å². The van der Waals surface area contributed by atoms with Crippen LogP contribution in [0.2, 0.25) is 0 Å². The number of aliphatic hydroxyl groups is 1. The molecule has 0 aromatic heterocycles. The van der Waals surface area contributed by atoms with Gasteiger partial charge in [0.05, 0.1) is 0 Å². The molecule has 5 heteroatoms. The van der Waals surface area contributed by atoms with E-state index >= 15 is 0 Å². The Bertz CT molecular complexity index is 385. The molecule has 86 valence electrons. The van der Waals surface area contributed by atoms with E-state index < -0.39 is 12.1 Å². The summed E-state index contributed by atoms with van der Waals surface area (Å²) < 4.78 is 0. The van der Waals surface area contributed by atoms with Crippen molar-refractivity contribution < 1.29 is 9.90 Å². The maximum absolute atomic E-state index is 11.5. The summed E-state index contributed by atoms with van der Waals surface area (Å²) in [6, 6.07) is 0.